The highest BCUT2D eigenvalue weighted by atomic mass is 16.5. The van der Waals surface area contributed by atoms with Gasteiger partial charge in [-0.05, 0) is 43.7 Å². The van der Waals surface area contributed by atoms with E-state index in [0.29, 0.717) is 17.9 Å². The quantitative estimate of drug-likeness (QED) is 0.819. The molecule has 1 heterocycles. The number of hydrogen-bond acceptors (Lipinski definition) is 4. The van der Waals surface area contributed by atoms with Crippen LogP contribution in [0.2, 0.25) is 0 Å². The molecule has 23 heavy (non-hydrogen) atoms. The van der Waals surface area contributed by atoms with E-state index in [-0.39, 0.29) is 24.3 Å². The minimum Gasteiger partial charge on any atom is -0.475 e. The van der Waals surface area contributed by atoms with Crippen LogP contribution in [0.5, 0.6) is 0 Å². The lowest BCUT2D eigenvalue weighted by molar-refractivity contribution is 0.0654. The molecule has 1 amide bonds. The van der Waals surface area contributed by atoms with Crippen molar-refractivity contribution in [3.8, 4) is 0 Å². The Morgan fingerprint density at radius 1 is 1.17 bits per heavy atom. The van der Waals surface area contributed by atoms with Gasteiger partial charge in [-0.1, -0.05) is 12.1 Å². The molecule has 122 valence electrons. The summed E-state index contributed by atoms with van der Waals surface area (Å²) in [5, 5.41) is 11.4. The fourth-order valence-corrected chi connectivity index (χ4v) is 1.87. The molecule has 6 heteroatoms. The van der Waals surface area contributed by atoms with Gasteiger partial charge < -0.3 is 19.6 Å². The number of amides is 1. The van der Waals surface area contributed by atoms with E-state index in [1.165, 1.54) is 12.1 Å². The third-order valence-corrected chi connectivity index (χ3v) is 3.10. The van der Waals surface area contributed by atoms with Crippen molar-refractivity contribution in [1.29, 1.82) is 0 Å². The Bertz CT molecular complexity index is 673. The molecule has 0 radical (unpaired) electrons. The van der Waals surface area contributed by atoms with E-state index in [4.69, 9.17) is 14.3 Å². The van der Waals surface area contributed by atoms with Crippen molar-refractivity contribution in [1.82, 2.24) is 5.32 Å². The molecule has 0 saturated carbocycles. The Labute approximate surface area is 134 Å². The van der Waals surface area contributed by atoms with Gasteiger partial charge in [0.25, 0.3) is 5.91 Å². The number of ether oxygens (including phenoxy) is 1. The number of carbonyl (C=O) groups is 2. The summed E-state index contributed by atoms with van der Waals surface area (Å²) in [7, 11) is 0. The van der Waals surface area contributed by atoms with Crippen LogP contribution < -0.4 is 5.32 Å². The zero-order valence-electron chi connectivity index (χ0n) is 13.0. The highest BCUT2D eigenvalue weighted by molar-refractivity contribution is 5.94. The molecule has 0 unspecified atom stereocenters. The molecule has 0 aliphatic heterocycles. The standard InChI is InChI=1S/C17H19NO5/c1-11(2)22-10-12-3-5-13(6-4-12)16(19)18-9-14-7-8-15(23-14)17(20)21/h3-8,11H,9-10H2,1-2H3,(H,18,19)(H,20,21). The first-order valence-electron chi connectivity index (χ1n) is 7.26. The minimum absolute atomic E-state index is 0.129. The number of aromatic carboxylic acids is 1. The Morgan fingerprint density at radius 3 is 2.43 bits per heavy atom. The summed E-state index contributed by atoms with van der Waals surface area (Å²) in [5.41, 5.74) is 1.51. The van der Waals surface area contributed by atoms with Crippen LogP contribution in [0.1, 0.15) is 46.1 Å². The summed E-state index contributed by atoms with van der Waals surface area (Å²) >= 11 is 0. The summed E-state index contributed by atoms with van der Waals surface area (Å²) in [5.74, 6) is -1.15. The van der Waals surface area contributed by atoms with Crippen molar-refractivity contribution in [2.75, 3.05) is 0 Å². The fraction of sp³-hybridized carbons (Fsp3) is 0.294. The first kappa shape index (κ1) is 16.8. The van der Waals surface area contributed by atoms with Crippen LogP contribution in [0.3, 0.4) is 0 Å². The molecule has 2 rings (SSSR count). The monoisotopic (exact) mass is 317 g/mol. The summed E-state index contributed by atoms with van der Waals surface area (Å²) in [4.78, 5) is 22.7. The van der Waals surface area contributed by atoms with E-state index in [1.54, 1.807) is 12.1 Å². The van der Waals surface area contributed by atoms with Crippen LogP contribution >= 0.6 is 0 Å². The molecule has 0 saturated heterocycles. The first-order valence-corrected chi connectivity index (χ1v) is 7.26. The average molecular weight is 317 g/mol. The van der Waals surface area contributed by atoms with Crippen LogP contribution in [0.4, 0.5) is 0 Å². The smallest absolute Gasteiger partial charge is 0.371 e. The number of nitrogens with one attached hydrogen (secondary N) is 1. The van der Waals surface area contributed by atoms with Crippen molar-refractivity contribution in [3.63, 3.8) is 0 Å². The van der Waals surface area contributed by atoms with Crippen LogP contribution in [0.25, 0.3) is 0 Å². The highest BCUT2D eigenvalue weighted by Crippen LogP contribution is 2.09. The van der Waals surface area contributed by atoms with E-state index in [9.17, 15) is 9.59 Å². The van der Waals surface area contributed by atoms with Gasteiger partial charge in [0.05, 0.1) is 19.3 Å². The number of carbonyl (C=O) groups excluding carboxylic acids is 1. The van der Waals surface area contributed by atoms with E-state index < -0.39 is 5.97 Å². The largest absolute Gasteiger partial charge is 0.475 e. The van der Waals surface area contributed by atoms with Crippen LogP contribution in [0.15, 0.2) is 40.8 Å². The van der Waals surface area contributed by atoms with Gasteiger partial charge in [-0.15, -0.1) is 0 Å². The zero-order chi connectivity index (χ0) is 16.8. The third kappa shape index (κ3) is 4.96. The number of rotatable bonds is 7. The molecule has 0 fully saturated rings. The second kappa shape index (κ2) is 7.60. The van der Waals surface area contributed by atoms with Crippen LogP contribution in [-0.4, -0.2) is 23.1 Å². The van der Waals surface area contributed by atoms with Crippen molar-refractivity contribution in [3.05, 3.63) is 59.0 Å². The Balaban J connectivity index is 1.88. The molecule has 6 nitrogen and oxygen atoms in total. The molecule has 0 aliphatic rings. The molecule has 0 spiro atoms. The van der Waals surface area contributed by atoms with Gasteiger partial charge in [-0.3, -0.25) is 4.79 Å². The second-order valence-electron chi connectivity index (χ2n) is 5.31. The van der Waals surface area contributed by atoms with Gasteiger partial charge in [0.2, 0.25) is 5.76 Å². The summed E-state index contributed by atoms with van der Waals surface area (Å²) < 4.78 is 10.6. The number of carboxylic acid groups (broad SMARTS) is 1. The maximum atomic E-state index is 12.0. The van der Waals surface area contributed by atoms with Gasteiger partial charge in [-0.2, -0.15) is 0 Å². The van der Waals surface area contributed by atoms with Gasteiger partial charge in [0, 0.05) is 5.56 Å². The van der Waals surface area contributed by atoms with Gasteiger partial charge in [0.15, 0.2) is 0 Å². The van der Waals surface area contributed by atoms with Crippen molar-refractivity contribution in [2.24, 2.45) is 0 Å². The van der Waals surface area contributed by atoms with E-state index in [2.05, 4.69) is 5.32 Å². The van der Waals surface area contributed by atoms with Crippen molar-refractivity contribution < 1.29 is 23.8 Å². The maximum absolute atomic E-state index is 12.0. The normalized spacial score (nSPS) is 10.7. The fourth-order valence-electron chi connectivity index (χ4n) is 1.87. The predicted molar refractivity (Wildman–Crippen MR) is 83.2 cm³/mol. The molecule has 2 N–H and O–H groups in total. The van der Waals surface area contributed by atoms with Crippen molar-refractivity contribution in [2.45, 2.75) is 33.1 Å². The molecular formula is C17H19NO5. The summed E-state index contributed by atoms with van der Waals surface area (Å²) in [6.45, 7) is 4.56. The number of furan rings is 1. The highest BCUT2D eigenvalue weighted by Gasteiger charge is 2.10. The lowest BCUT2D eigenvalue weighted by Gasteiger charge is -2.08. The Hall–Kier alpha value is -2.60. The van der Waals surface area contributed by atoms with Gasteiger partial charge in [-0.25, -0.2) is 4.79 Å². The molecule has 1 aromatic heterocycles. The molecule has 2 aromatic rings. The van der Waals surface area contributed by atoms with Crippen molar-refractivity contribution >= 4 is 11.9 Å². The van der Waals surface area contributed by atoms with E-state index in [1.807, 2.05) is 26.0 Å². The molecule has 1 aromatic carbocycles. The Kier molecular flexibility index (Phi) is 5.54. The van der Waals surface area contributed by atoms with E-state index >= 15 is 0 Å². The SMILES string of the molecule is CC(C)OCc1ccc(C(=O)NCc2ccc(C(=O)O)o2)cc1. The third-order valence-electron chi connectivity index (χ3n) is 3.10. The minimum atomic E-state index is -1.14. The lowest BCUT2D eigenvalue weighted by Crippen LogP contribution is -2.22. The lowest BCUT2D eigenvalue weighted by atomic mass is 10.1. The summed E-state index contributed by atoms with van der Waals surface area (Å²) in [6.07, 6.45) is 0.155. The van der Waals surface area contributed by atoms with E-state index in [0.717, 1.165) is 5.56 Å². The average Bonchev–Trinajstić information content (AvgIpc) is 3.00. The molecule has 0 aliphatic carbocycles. The first-order chi connectivity index (χ1) is 11.0. The number of carboxylic acids is 1. The predicted octanol–water partition coefficient (Wildman–Crippen LogP) is 2.83. The number of benzene rings is 1. The van der Waals surface area contributed by atoms with Crippen LogP contribution in [-0.2, 0) is 17.9 Å². The molecular weight excluding hydrogens is 298 g/mol. The summed E-state index contributed by atoms with van der Waals surface area (Å²) in [6, 6.07) is 10.0. The second-order valence-corrected chi connectivity index (χ2v) is 5.31. The zero-order valence-corrected chi connectivity index (χ0v) is 13.0. The Morgan fingerprint density at radius 2 is 1.87 bits per heavy atom. The molecule has 0 atom stereocenters. The maximum Gasteiger partial charge on any atom is 0.371 e. The van der Waals surface area contributed by atoms with Crippen LogP contribution in [0, 0.1) is 0 Å². The van der Waals surface area contributed by atoms with Gasteiger partial charge in [0.1, 0.15) is 5.76 Å². The van der Waals surface area contributed by atoms with Gasteiger partial charge >= 0.3 is 5.97 Å². The molecule has 0 bridgehead atoms. The number of hydrogen-bond donors (Lipinski definition) is 2. The topological polar surface area (TPSA) is 88.8 Å².